The zero-order chi connectivity index (χ0) is 15.9. The second-order valence-corrected chi connectivity index (χ2v) is 6.67. The van der Waals surface area contributed by atoms with Gasteiger partial charge in [0, 0.05) is 29.4 Å². The van der Waals surface area contributed by atoms with Gasteiger partial charge in [0.1, 0.15) is 0 Å². The van der Waals surface area contributed by atoms with E-state index in [-0.39, 0.29) is 6.03 Å². The molecule has 0 spiro atoms. The van der Waals surface area contributed by atoms with Gasteiger partial charge in [-0.25, -0.2) is 9.78 Å². The monoisotopic (exact) mass is 337 g/mol. The molecule has 22 heavy (non-hydrogen) atoms. The van der Waals surface area contributed by atoms with Crippen LogP contribution in [-0.2, 0) is 19.4 Å². The zero-order valence-corrected chi connectivity index (χ0v) is 14.4. The summed E-state index contributed by atoms with van der Waals surface area (Å²) in [6.45, 7) is 5.27. The van der Waals surface area contributed by atoms with E-state index in [1.165, 1.54) is 4.88 Å². The first kappa shape index (κ1) is 16.8. The van der Waals surface area contributed by atoms with Crippen LogP contribution in [0.25, 0.3) is 0 Å². The Morgan fingerprint density at radius 2 is 2.00 bits per heavy atom. The summed E-state index contributed by atoms with van der Waals surface area (Å²) in [6, 6.07) is 7.25. The molecule has 0 aliphatic rings. The Morgan fingerprint density at radius 3 is 2.64 bits per heavy atom. The van der Waals surface area contributed by atoms with Crippen LogP contribution >= 0.6 is 22.9 Å². The van der Waals surface area contributed by atoms with Crippen molar-refractivity contribution in [2.24, 2.45) is 0 Å². The maximum absolute atomic E-state index is 11.7. The number of nitrogens with one attached hydrogen (secondary N) is 2. The number of thiazole rings is 1. The van der Waals surface area contributed by atoms with Gasteiger partial charge in [-0.05, 0) is 31.0 Å². The minimum absolute atomic E-state index is 0.168. The summed E-state index contributed by atoms with van der Waals surface area (Å²) in [5.74, 6) is 0. The van der Waals surface area contributed by atoms with E-state index in [4.69, 9.17) is 11.6 Å². The third kappa shape index (κ3) is 5.00. The van der Waals surface area contributed by atoms with Crippen molar-refractivity contribution in [3.8, 4) is 0 Å². The van der Waals surface area contributed by atoms with Gasteiger partial charge in [-0.1, -0.05) is 30.7 Å². The van der Waals surface area contributed by atoms with Gasteiger partial charge in [0.25, 0.3) is 0 Å². The number of amides is 2. The van der Waals surface area contributed by atoms with E-state index in [1.54, 1.807) is 11.3 Å². The number of urea groups is 1. The normalized spacial score (nSPS) is 10.5. The summed E-state index contributed by atoms with van der Waals surface area (Å²) < 4.78 is 0. The number of nitrogens with zero attached hydrogens (tertiary/aromatic N) is 1. The molecular formula is C16H20ClN3OS. The van der Waals surface area contributed by atoms with Crippen molar-refractivity contribution in [2.75, 3.05) is 6.54 Å². The van der Waals surface area contributed by atoms with Gasteiger partial charge in [-0.2, -0.15) is 0 Å². The maximum Gasteiger partial charge on any atom is 0.315 e. The second kappa shape index (κ2) is 8.15. The summed E-state index contributed by atoms with van der Waals surface area (Å²) >= 11 is 7.53. The lowest BCUT2D eigenvalue weighted by atomic mass is 10.2. The summed E-state index contributed by atoms with van der Waals surface area (Å²) in [5.41, 5.74) is 2.18. The minimum Gasteiger partial charge on any atom is -0.338 e. The lowest BCUT2D eigenvalue weighted by molar-refractivity contribution is 0.240. The Balaban J connectivity index is 1.70. The molecule has 0 bridgehead atoms. The van der Waals surface area contributed by atoms with Crippen LogP contribution in [0.1, 0.15) is 28.1 Å². The number of benzene rings is 1. The highest BCUT2D eigenvalue weighted by molar-refractivity contribution is 7.11. The van der Waals surface area contributed by atoms with Crippen molar-refractivity contribution in [1.82, 2.24) is 15.6 Å². The number of carbonyl (C=O) groups is 1. The number of halogens is 1. The first-order chi connectivity index (χ1) is 10.6. The Morgan fingerprint density at radius 1 is 1.27 bits per heavy atom. The molecule has 2 rings (SSSR count). The van der Waals surface area contributed by atoms with Crippen molar-refractivity contribution >= 4 is 29.0 Å². The SMILES string of the molecule is CCc1nc(CCNC(=O)NCc2ccc(Cl)cc2)sc1C. The second-order valence-electron chi connectivity index (χ2n) is 4.95. The van der Waals surface area contributed by atoms with E-state index in [0.717, 1.165) is 29.1 Å². The molecule has 2 amide bonds. The van der Waals surface area contributed by atoms with Gasteiger partial charge in [-0.3, -0.25) is 0 Å². The molecule has 0 aliphatic carbocycles. The van der Waals surface area contributed by atoms with Gasteiger partial charge < -0.3 is 10.6 Å². The van der Waals surface area contributed by atoms with Crippen molar-refractivity contribution in [1.29, 1.82) is 0 Å². The van der Waals surface area contributed by atoms with Gasteiger partial charge >= 0.3 is 6.03 Å². The molecule has 0 fully saturated rings. The van der Waals surface area contributed by atoms with Crippen molar-refractivity contribution in [3.63, 3.8) is 0 Å². The molecule has 2 aromatic rings. The topological polar surface area (TPSA) is 54.0 Å². The highest BCUT2D eigenvalue weighted by atomic mass is 35.5. The van der Waals surface area contributed by atoms with Crippen LogP contribution in [0.3, 0.4) is 0 Å². The number of carbonyl (C=O) groups excluding carboxylic acids is 1. The largest absolute Gasteiger partial charge is 0.338 e. The van der Waals surface area contributed by atoms with E-state index in [0.29, 0.717) is 18.1 Å². The summed E-state index contributed by atoms with van der Waals surface area (Å²) in [4.78, 5) is 17.6. The third-order valence-electron chi connectivity index (χ3n) is 3.26. The van der Waals surface area contributed by atoms with E-state index >= 15 is 0 Å². The summed E-state index contributed by atoms with van der Waals surface area (Å²) in [5, 5.41) is 7.44. The fourth-order valence-electron chi connectivity index (χ4n) is 2.05. The smallest absolute Gasteiger partial charge is 0.315 e. The molecule has 2 N–H and O–H groups in total. The first-order valence-corrected chi connectivity index (χ1v) is 8.49. The molecule has 0 saturated carbocycles. The van der Waals surface area contributed by atoms with Crippen LogP contribution in [-0.4, -0.2) is 17.6 Å². The lowest BCUT2D eigenvalue weighted by Crippen LogP contribution is -2.36. The molecule has 0 saturated heterocycles. The number of aromatic nitrogens is 1. The molecule has 0 radical (unpaired) electrons. The van der Waals surface area contributed by atoms with E-state index in [1.807, 2.05) is 24.3 Å². The zero-order valence-electron chi connectivity index (χ0n) is 12.8. The third-order valence-corrected chi connectivity index (χ3v) is 4.59. The van der Waals surface area contributed by atoms with Crippen LogP contribution in [0.4, 0.5) is 4.79 Å². The molecule has 6 heteroatoms. The molecule has 0 aliphatic heterocycles. The fraction of sp³-hybridized carbons (Fsp3) is 0.375. The van der Waals surface area contributed by atoms with E-state index < -0.39 is 0 Å². The standard InChI is InChI=1S/C16H20ClN3OS/c1-3-14-11(2)22-15(20-14)8-9-18-16(21)19-10-12-4-6-13(17)7-5-12/h4-7H,3,8-10H2,1-2H3,(H2,18,19,21). The Kier molecular flexibility index (Phi) is 6.21. The van der Waals surface area contributed by atoms with Gasteiger partial charge in [-0.15, -0.1) is 11.3 Å². The highest BCUT2D eigenvalue weighted by Crippen LogP contribution is 2.17. The Labute approximate surface area is 139 Å². The van der Waals surface area contributed by atoms with Crippen LogP contribution in [0.15, 0.2) is 24.3 Å². The molecular weight excluding hydrogens is 318 g/mol. The van der Waals surface area contributed by atoms with Crippen LogP contribution in [0.5, 0.6) is 0 Å². The Hall–Kier alpha value is -1.59. The minimum atomic E-state index is -0.168. The number of aryl methyl sites for hydroxylation is 2. The molecule has 0 unspecified atom stereocenters. The molecule has 1 aromatic carbocycles. The molecule has 1 aromatic heterocycles. The van der Waals surface area contributed by atoms with Crippen molar-refractivity contribution in [3.05, 3.63) is 50.4 Å². The highest BCUT2D eigenvalue weighted by Gasteiger charge is 2.06. The van der Waals surface area contributed by atoms with Crippen LogP contribution in [0, 0.1) is 6.92 Å². The van der Waals surface area contributed by atoms with Gasteiger partial charge in [0.05, 0.1) is 10.7 Å². The maximum atomic E-state index is 11.7. The average molecular weight is 338 g/mol. The summed E-state index contributed by atoms with van der Waals surface area (Å²) in [6.07, 6.45) is 1.72. The number of hydrogen-bond acceptors (Lipinski definition) is 3. The van der Waals surface area contributed by atoms with Gasteiger partial charge in [0.2, 0.25) is 0 Å². The van der Waals surface area contributed by atoms with Gasteiger partial charge in [0.15, 0.2) is 0 Å². The molecule has 4 nitrogen and oxygen atoms in total. The number of hydrogen-bond donors (Lipinski definition) is 2. The predicted molar refractivity (Wildman–Crippen MR) is 91.6 cm³/mol. The molecule has 118 valence electrons. The summed E-state index contributed by atoms with van der Waals surface area (Å²) in [7, 11) is 0. The van der Waals surface area contributed by atoms with Crippen LogP contribution < -0.4 is 10.6 Å². The van der Waals surface area contributed by atoms with Crippen molar-refractivity contribution in [2.45, 2.75) is 33.2 Å². The van der Waals surface area contributed by atoms with Crippen molar-refractivity contribution < 1.29 is 4.79 Å². The van der Waals surface area contributed by atoms with Crippen LogP contribution in [0.2, 0.25) is 5.02 Å². The number of rotatable bonds is 6. The molecule has 1 heterocycles. The fourth-order valence-corrected chi connectivity index (χ4v) is 3.20. The lowest BCUT2D eigenvalue weighted by Gasteiger charge is -2.07. The average Bonchev–Trinajstić information content (AvgIpc) is 2.87. The first-order valence-electron chi connectivity index (χ1n) is 7.29. The van der Waals surface area contributed by atoms with E-state index in [9.17, 15) is 4.79 Å². The predicted octanol–water partition coefficient (Wildman–Crippen LogP) is 3.71. The molecule has 0 atom stereocenters. The Bertz CT molecular complexity index is 625. The quantitative estimate of drug-likeness (QED) is 0.844. The van der Waals surface area contributed by atoms with E-state index in [2.05, 4.69) is 29.5 Å².